The van der Waals surface area contributed by atoms with Crippen LogP contribution in [0.5, 0.6) is 0 Å². The van der Waals surface area contributed by atoms with Crippen molar-refractivity contribution in [2.45, 2.75) is 20.8 Å². The molecular weight excluding hydrogens is 356 g/mol. The molecule has 5 heteroatoms. The molecule has 0 saturated heterocycles. The van der Waals surface area contributed by atoms with Crippen molar-refractivity contribution in [3.05, 3.63) is 43.8 Å². The third-order valence-electron chi connectivity index (χ3n) is 3.39. The Bertz CT molecular complexity index is 799. The molecule has 0 unspecified atom stereocenters. The molecule has 0 N–H and O–H groups in total. The van der Waals surface area contributed by atoms with E-state index >= 15 is 0 Å². The molecule has 2 heterocycles. The highest BCUT2D eigenvalue weighted by Gasteiger charge is 2.16. The highest BCUT2D eigenvalue weighted by atomic mass is 79.9. The third kappa shape index (κ3) is 2.16. The number of aromatic nitrogens is 2. The average molecular weight is 368 g/mol. The predicted molar refractivity (Wildman–Crippen MR) is 89.8 cm³/mol. The van der Waals surface area contributed by atoms with Gasteiger partial charge in [0.25, 0.3) is 0 Å². The molecule has 0 amide bonds. The van der Waals surface area contributed by atoms with Gasteiger partial charge in [0.1, 0.15) is 5.69 Å². The van der Waals surface area contributed by atoms with Crippen molar-refractivity contribution in [3.63, 3.8) is 0 Å². The lowest BCUT2D eigenvalue weighted by Crippen LogP contribution is -1.94. The maximum Gasteiger partial charge on any atom is 0.159 e. The van der Waals surface area contributed by atoms with E-state index in [4.69, 9.17) is 11.6 Å². The normalized spacial score (nSPS) is 11.2. The quantitative estimate of drug-likeness (QED) is 0.551. The van der Waals surface area contributed by atoms with Gasteiger partial charge < -0.3 is 0 Å². The maximum absolute atomic E-state index is 6.25. The molecule has 3 rings (SSSR count). The standard InChI is InChI=1S/C15H12BrClN2S/c1-7-4-5-8(2)13-12(7)14(18-19-15(13)17)11-6-10(16)9(3)20-11/h4-6H,1-3H3. The minimum atomic E-state index is 0.470. The number of benzene rings is 1. The number of aryl methyl sites for hydroxylation is 3. The van der Waals surface area contributed by atoms with Crippen molar-refractivity contribution in [1.82, 2.24) is 10.2 Å². The number of halogens is 2. The molecule has 0 bridgehead atoms. The van der Waals surface area contributed by atoms with Crippen LogP contribution in [0.1, 0.15) is 16.0 Å². The zero-order valence-electron chi connectivity index (χ0n) is 11.3. The summed E-state index contributed by atoms with van der Waals surface area (Å²) in [5.41, 5.74) is 3.20. The van der Waals surface area contributed by atoms with Gasteiger partial charge in [0.15, 0.2) is 5.15 Å². The van der Waals surface area contributed by atoms with Crippen molar-refractivity contribution in [2.24, 2.45) is 0 Å². The fraction of sp³-hybridized carbons (Fsp3) is 0.200. The van der Waals surface area contributed by atoms with E-state index in [1.807, 2.05) is 0 Å². The van der Waals surface area contributed by atoms with Gasteiger partial charge in [-0.2, -0.15) is 0 Å². The van der Waals surface area contributed by atoms with Crippen LogP contribution in [-0.2, 0) is 0 Å². The smallest absolute Gasteiger partial charge is 0.147 e. The molecule has 0 spiro atoms. The Morgan fingerprint density at radius 1 is 1.05 bits per heavy atom. The Labute approximate surface area is 134 Å². The Morgan fingerprint density at radius 3 is 2.30 bits per heavy atom. The van der Waals surface area contributed by atoms with Crippen molar-refractivity contribution in [2.75, 3.05) is 0 Å². The summed E-state index contributed by atoms with van der Waals surface area (Å²) in [6.45, 7) is 6.22. The van der Waals surface area contributed by atoms with E-state index in [9.17, 15) is 0 Å². The summed E-state index contributed by atoms with van der Waals surface area (Å²) in [7, 11) is 0. The molecule has 0 aliphatic carbocycles. The lowest BCUT2D eigenvalue weighted by atomic mass is 10.0. The Balaban J connectivity index is 2.43. The minimum Gasteiger partial charge on any atom is -0.147 e. The van der Waals surface area contributed by atoms with Crippen LogP contribution in [0, 0.1) is 20.8 Å². The summed E-state index contributed by atoms with van der Waals surface area (Å²) >= 11 is 11.5. The van der Waals surface area contributed by atoms with Crippen LogP contribution < -0.4 is 0 Å². The SMILES string of the molecule is Cc1sc(-c2nnc(Cl)c3c(C)ccc(C)c23)cc1Br. The summed E-state index contributed by atoms with van der Waals surface area (Å²) in [6, 6.07) is 6.28. The molecule has 0 atom stereocenters. The number of nitrogens with zero attached hydrogens (tertiary/aromatic N) is 2. The molecule has 0 aliphatic rings. The molecule has 0 saturated carbocycles. The number of hydrogen-bond acceptors (Lipinski definition) is 3. The van der Waals surface area contributed by atoms with Gasteiger partial charge in [0.05, 0.1) is 4.88 Å². The van der Waals surface area contributed by atoms with Crippen LogP contribution in [0.25, 0.3) is 21.3 Å². The molecule has 3 aromatic rings. The van der Waals surface area contributed by atoms with Crippen LogP contribution in [0.3, 0.4) is 0 Å². The topological polar surface area (TPSA) is 25.8 Å². The van der Waals surface area contributed by atoms with Gasteiger partial charge in [0.2, 0.25) is 0 Å². The zero-order chi connectivity index (χ0) is 14.4. The van der Waals surface area contributed by atoms with Gasteiger partial charge in [-0.15, -0.1) is 21.5 Å². The summed E-state index contributed by atoms with van der Waals surface area (Å²) in [4.78, 5) is 2.34. The second-order valence-electron chi connectivity index (χ2n) is 4.80. The number of fused-ring (bicyclic) bond motifs is 1. The largest absolute Gasteiger partial charge is 0.159 e. The van der Waals surface area contributed by atoms with E-state index in [-0.39, 0.29) is 0 Å². The molecule has 20 heavy (non-hydrogen) atoms. The summed E-state index contributed by atoms with van der Waals surface area (Å²) < 4.78 is 1.10. The van der Waals surface area contributed by atoms with Gasteiger partial charge >= 0.3 is 0 Å². The van der Waals surface area contributed by atoms with Crippen molar-refractivity contribution < 1.29 is 0 Å². The van der Waals surface area contributed by atoms with Gasteiger partial charge in [-0.3, -0.25) is 0 Å². The van der Waals surface area contributed by atoms with E-state index < -0.39 is 0 Å². The van der Waals surface area contributed by atoms with Crippen molar-refractivity contribution >= 4 is 49.6 Å². The van der Waals surface area contributed by atoms with Crippen LogP contribution in [-0.4, -0.2) is 10.2 Å². The first kappa shape index (κ1) is 14.0. The summed E-state index contributed by atoms with van der Waals surface area (Å²) in [5, 5.41) is 11.0. The first-order chi connectivity index (χ1) is 9.49. The summed E-state index contributed by atoms with van der Waals surface area (Å²) in [5.74, 6) is 0. The lowest BCUT2D eigenvalue weighted by molar-refractivity contribution is 1.06. The monoisotopic (exact) mass is 366 g/mol. The van der Waals surface area contributed by atoms with Gasteiger partial charge in [-0.05, 0) is 53.9 Å². The molecular formula is C15H12BrClN2S. The third-order valence-corrected chi connectivity index (χ3v) is 5.80. The van der Waals surface area contributed by atoms with Crippen LogP contribution in [0.2, 0.25) is 5.15 Å². The van der Waals surface area contributed by atoms with E-state index in [0.29, 0.717) is 5.15 Å². The second kappa shape index (κ2) is 5.10. The molecule has 0 fully saturated rings. The van der Waals surface area contributed by atoms with Crippen LogP contribution >= 0.6 is 38.9 Å². The zero-order valence-corrected chi connectivity index (χ0v) is 14.4. The van der Waals surface area contributed by atoms with Crippen molar-refractivity contribution in [3.8, 4) is 10.6 Å². The molecule has 102 valence electrons. The number of thiophene rings is 1. The molecule has 2 aromatic heterocycles. The maximum atomic E-state index is 6.25. The van der Waals surface area contributed by atoms with Crippen LogP contribution in [0.15, 0.2) is 22.7 Å². The van der Waals surface area contributed by atoms with E-state index in [1.165, 1.54) is 10.4 Å². The number of rotatable bonds is 1. The highest BCUT2D eigenvalue weighted by molar-refractivity contribution is 9.10. The van der Waals surface area contributed by atoms with Gasteiger partial charge in [-0.25, -0.2) is 0 Å². The minimum absolute atomic E-state index is 0.470. The average Bonchev–Trinajstić information content (AvgIpc) is 2.74. The molecule has 1 aromatic carbocycles. The number of hydrogen-bond donors (Lipinski definition) is 0. The lowest BCUT2D eigenvalue weighted by Gasteiger charge is -2.10. The predicted octanol–water partition coefficient (Wildman–Crippen LogP) is 5.70. The highest BCUT2D eigenvalue weighted by Crippen LogP contribution is 2.39. The van der Waals surface area contributed by atoms with Crippen LogP contribution in [0.4, 0.5) is 0 Å². The molecule has 2 nitrogen and oxygen atoms in total. The fourth-order valence-electron chi connectivity index (χ4n) is 2.32. The molecule has 0 aliphatic heterocycles. The molecule has 0 radical (unpaired) electrons. The van der Waals surface area contributed by atoms with E-state index in [0.717, 1.165) is 31.4 Å². The Kier molecular flexibility index (Phi) is 3.56. The van der Waals surface area contributed by atoms with E-state index in [2.05, 4.69) is 65.1 Å². The van der Waals surface area contributed by atoms with Crippen molar-refractivity contribution in [1.29, 1.82) is 0 Å². The summed E-state index contributed by atoms with van der Waals surface area (Å²) in [6.07, 6.45) is 0. The second-order valence-corrected chi connectivity index (χ2v) is 7.27. The first-order valence-corrected chi connectivity index (χ1v) is 8.16. The van der Waals surface area contributed by atoms with Gasteiger partial charge in [0, 0.05) is 20.1 Å². The Hall–Kier alpha value is -0.970. The van der Waals surface area contributed by atoms with E-state index in [1.54, 1.807) is 11.3 Å². The first-order valence-electron chi connectivity index (χ1n) is 6.17. The Morgan fingerprint density at radius 2 is 1.70 bits per heavy atom. The fourth-order valence-corrected chi connectivity index (χ4v) is 4.13. The van der Waals surface area contributed by atoms with Gasteiger partial charge in [-0.1, -0.05) is 23.7 Å².